The normalized spacial score (nSPS) is 13.8. The Balaban J connectivity index is 2.71. The maximum Gasteiger partial charge on any atom is 0.435 e. The lowest BCUT2D eigenvalue weighted by Gasteiger charge is -2.07. The molecule has 0 saturated heterocycles. The van der Waals surface area contributed by atoms with Crippen molar-refractivity contribution in [1.82, 2.24) is 9.78 Å². The summed E-state index contributed by atoms with van der Waals surface area (Å²) < 4.78 is 95.0. The molecular formula is C8H8F6N2O2S. The van der Waals surface area contributed by atoms with Gasteiger partial charge in [-0.2, -0.15) is 31.4 Å². The Morgan fingerprint density at radius 2 is 1.74 bits per heavy atom. The molecule has 0 N–H and O–H groups in total. The Morgan fingerprint density at radius 3 is 2.16 bits per heavy atom. The number of sulfone groups is 1. The summed E-state index contributed by atoms with van der Waals surface area (Å²) in [7, 11) is -4.19. The zero-order valence-electron chi connectivity index (χ0n) is 9.16. The first kappa shape index (κ1) is 15.8. The molecule has 1 heterocycles. The molecule has 1 aromatic rings. The minimum atomic E-state index is -4.74. The minimum absolute atomic E-state index is 0.439. The topological polar surface area (TPSA) is 52.0 Å². The highest BCUT2D eigenvalue weighted by Crippen LogP contribution is 2.27. The van der Waals surface area contributed by atoms with Gasteiger partial charge >= 0.3 is 12.4 Å². The second-order valence-corrected chi connectivity index (χ2v) is 5.83. The number of hydrogen-bond donors (Lipinski definition) is 0. The lowest BCUT2D eigenvalue weighted by atomic mass is 10.4. The van der Waals surface area contributed by atoms with Crippen molar-refractivity contribution in [3.8, 4) is 0 Å². The van der Waals surface area contributed by atoms with Crippen LogP contribution in [0.15, 0.2) is 12.3 Å². The van der Waals surface area contributed by atoms with Crippen LogP contribution in [0.1, 0.15) is 12.1 Å². The van der Waals surface area contributed by atoms with Crippen molar-refractivity contribution in [3.63, 3.8) is 0 Å². The van der Waals surface area contributed by atoms with Crippen LogP contribution in [0.2, 0.25) is 0 Å². The first-order valence-corrected chi connectivity index (χ1v) is 6.59. The molecule has 0 radical (unpaired) electrons. The molecule has 0 atom stereocenters. The highest BCUT2D eigenvalue weighted by molar-refractivity contribution is 7.90. The van der Waals surface area contributed by atoms with Crippen molar-refractivity contribution in [3.05, 3.63) is 18.0 Å². The maximum absolute atomic E-state index is 12.2. The standard InChI is InChI=1S/C8H8F6N2O2S/c9-7(10,11)2-4-19(17,18)5-16-3-1-6(15-16)8(12,13)14/h1,3H,2,4-5H2. The summed E-state index contributed by atoms with van der Waals surface area (Å²) >= 11 is 0. The summed E-state index contributed by atoms with van der Waals surface area (Å²) in [6.07, 6.45) is -10.2. The highest BCUT2D eigenvalue weighted by Gasteiger charge is 2.34. The van der Waals surface area contributed by atoms with Crippen molar-refractivity contribution < 1.29 is 34.8 Å². The third-order valence-corrected chi connectivity index (χ3v) is 3.44. The molecule has 0 aliphatic carbocycles. The predicted octanol–water partition coefficient (Wildman–Crippen LogP) is 2.23. The van der Waals surface area contributed by atoms with E-state index in [2.05, 4.69) is 5.10 Å². The number of alkyl halides is 6. The second-order valence-electron chi connectivity index (χ2n) is 3.68. The Bertz CT molecular complexity index is 530. The van der Waals surface area contributed by atoms with Crippen molar-refractivity contribution in [1.29, 1.82) is 0 Å². The van der Waals surface area contributed by atoms with Crippen LogP contribution in [-0.2, 0) is 21.9 Å². The van der Waals surface area contributed by atoms with Gasteiger partial charge in [-0.15, -0.1) is 0 Å². The van der Waals surface area contributed by atoms with E-state index in [1.807, 2.05) is 0 Å². The average molecular weight is 310 g/mol. The molecule has 0 fully saturated rings. The Labute approximate surface area is 103 Å². The van der Waals surface area contributed by atoms with Gasteiger partial charge in [-0.1, -0.05) is 0 Å². The van der Waals surface area contributed by atoms with E-state index in [4.69, 9.17) is 0 Å². The van der Waals surface area contributed by atoms with Crippen molar-refractivity contribution in [2.75, 3.05) is 5.75 Å². The van der Waals surface area contributed by atoms with E-state index in [1.165, 1.54) is 0 Å². The van der Waals surface area contributed by atoms with E-state index >= 15 is 0 Å². The van der Waals surface area contributed by atoms with Crippen LogP contribution < -0.4 is 0 Å². The highest BCUT2D eigenvalue weighted by atomic mass is 32.2. The van der Waals surface area contributed by atoms with Gasteiger partial charge in [-0.05, 0) is 6.07 Å². The summed E-state index contributed by atoms with van der Waals surface area (Å²) in [6.45, 7) is 0. The van der Waals surface area contributed by atoms with E-state index < -0.39 is 45.9 Å². The van der Waals surface area contributed by atoms with Gasteiger partial charge in [0.15, 0.2) is 15.5 Å². The van der Waals surface area contributed by atoms with Crippen molar-refractivity contribution in [2.45, 2.75) is 24.7 Å². The molecule has 0 amide bonds. The molecule has 0 aliphatic rings. The summed E-state index contributed by atoms with van der Waals surface area (Å²) in [6, 6.07) is 0.541. The van der Waals surface area contributed by atoms with Gasteiger partial charge in [0, 0.05) is 6.20 Å². The van der Waals surface area contributed by atoms with Crippen LogP contribution in [0.5, 0.6) is 0 Å². The molecule has 19 heavy (non-hydrogen) atoms. The fraction of sp³-hybridized carbons (Fsp3) is 0.625. The largest absolute Gasteiger partial charge is 0.435 e. The van der Waals surface area contributed by atoms with Gasteiger partial charge in [0.2, 0.25) is 0 Å². The summed E-state index contributed by atoms with van der Waals surface area (Å²) in [4.78, 5) is 0. The molecule has 4 nitrogen and oxygen atoms in total. The third kappa shape index (κ3) is 5.49. The molecular weight excluding hydrogens is 302 g/mol. The predicted molar refractivity (Wildman–Crippen MR) is 51.7 cm³/mol. The number of aromatic nitrogens is 2. The molecule has 1 aromatic heterocycles. The summed E-state index contributed by atoms with van der Waals surface area (Å²) in [5.41, 5.74) is -1.31. The van der Waals surface area contributed by atoms with Crippen LogP contribution in [0, 0.1) is 0 Å². The van der Waals surface area contributed by atoms with Crippen molar-refractivity contribution >= 4 is 9.84 Å². The number of rotatable bonds is 4. The average Bonchev–Trinajstić information content (AvgIpc) is 2.61. The van der Waals surface area contributed by atoms with Crippen LogP contribution in [-0.4, -0.2) is 30.1 Å². The molecule has 0 spiro atoms. The van der Waals surface area contributed by atoms with Gasteiger partial charge in [0.1, 0.15) is 5.88 Å². The van der Waals surface area contributed by atoms with Crippen LogP contribution in [0.25, 0.3) is 0 Å². The zero-order chi connectivity index (χ0) is 14.9. The maximum atomic E-state index is 12.2. The molecule has 0 aromatic carbocycles. The quantitative estimate of drug-likeness (QED) is 0.801. The molecule has 0 aliphatic heterocycles. The molecule has 0 saturated carbocycles. The van der Waals surface area contributed by atoms with Gasteiger partial charge in [-0.25, -0.2) is 8.42 Å². The molecule has 110 valence electrons. The number of hydrogen-bond acceptors (Lipinski definition) is 3. The fourth-order valence-electron chi connectivity index (χ4n) is 1.12. The summed E-state index contributed by atoms with van der Waals surface area (Å²) in [5, 5.41) is 2.94. The Morgan fingerprint density at radius 1 is 1.16 bits per heavy atom. The second kappa shape index (κ2) is 5.02. The van der Waals surface area contributed by atoms with Gasteiger partial charge in [0.25, 0.3) is 0 Å². The molecule has 11 heteroatoms. The van der Waals surface area contributed by atoms with E-state index in [9.17, 15) is 34.8 Å². The van der Waals surface area contributed by atoms with Gasteiger partial charge in [-0.3, -0.25) is 4.68 Å². The van der Waals surface area contributed by atoms with Crippen LogP contribution in [0.4, 0.5) is 26.3 Å². The van der Waals surface area contributed by atoms with Gasteiger partial charge in [0.05, 0.1) is 12.2 Å². The lowest BCUT2D eigenvalue weighted by molar-refractivity contribution is -0.141. The summed E-state index contributed by atoms with van der Waals surface area (Å²) in [5.74, 6) is -2.23. The monoisotopic (exact) mass is 310 g/mol. The van der Waals surface area contributed by atoms with Crippen LogP contribution in [0.3, 0.4) is 0 Å². The lowest BCUT2D eigenvalue weighted by Crippen LogP contribution is -2.20. The molecule has 0 bridgehead atoms. The Kier molecular flexibility index (Phi) is 4.17. The molecule has 1 rings (SSSR count). The Hall–Kier alpha value is -1.26. The number of nitrogens with zero attached hydrogens (tertiary/aromatic N) is 2. The SMILES string of the molecule is O=S(=O)(CCC(F)(F)F)Cn1ccc(C(F)(F)F)n1. The smallest absolute Gasteiger partial charge is 0.257 e. The zero-order valence-corrected chi connectivity index (χ0v) is 9.98. The van der Waals surface area contributed by atoms with E-state index in [0.29, 0.717) is 10.7 Å². The van der Waals surface area contributed by atoms with E-state index in [1.54, 1.807) is 0 Å². The first-order chi connectivity index (χ1) is 8.39. The number of halogens is 6. The fourth-order valence-corrected chi connectivity index (χ4v) is 2.34. The van der Waals surface area contributed by atoms with E-state index in [-0.39, 0.29) is 0 Å². The van der Waals surface area contributed by atoms with Gasteiger partial charge < -0.3 is 0 Å². The van der Waals surface area contributed by atoms with Crippen molar-refractivity contribution in [2.24, 2.45) is 0 Å². The third-order valence-electron chi connectivity index (χ3n) is 1.96. The molecule has 0 unspecified atom stereocenters. The minimum Gasteiger partial charge on any atom is -0.257 e. The van der Waals surface area contributed by atoms with E-state index in [0.717, 1.165) is 6.20 Å². The first-order valence-electron chi connectivity index (χ1n) is 4.77. The van der Waals surface area contributed by atoms with Crippen LogP contribution >= 0.6 is 0 Å².